The molecule has 0 fully saturated rings. The molecule has 0 spiro atoms. The lowest BCUT2D eigenvalue weighted by atomic mass is 10.0. The summed E-state index contributed by atoms with van der Waals surface area (Å²) >= 11 is 13.1. The zero-order valence-electron chi connectivity index (χ0n) is 9.96. The van der Waals surface area contributed by atoms with Gasteiger partial charge in [0.05, 0.1) is 0 Å². The molecule has 0 nitrogen and oxygen atoms in total. The summed E-state index contributed by atoms with van der Waals surface area (Å²) in [7, 11) is 0. The van der Waals surface area contributed by atoms with E-state index in [1.54, 1.807) is 0 Å². The maximum Gasteiger partial charge on any atom is 0.0438 e. The van der Waals surface area contributed by atoms with Crippen LogP contribution < -0.4 is 0 Å². The fraction of sp³-hybridized carbons (Fsp3) is 0.200. The van der Waals surface area contributed by atoms with Gasteiger partial charge in [0.1, 0.15) is 0 Å². The molecule has 0 amide bonds. The Hall–Kier alpha value is -0.310. The fourth-order valence-electron chi connectivity index (χ4n) is 1.93. The lowest BCUT2D eigenvalue weighted by molar-refractivity contribution is 0.938. The van der Waals surface area contributed by atoms with E-state index in [0.29, 0.717) is 4.83 Å². The molecule has 0 saturated carbocycles. The van der Waals surface area contributed by atoms with Crippen molar-refractivity contribution in [1.29, 1.82) is 0 Å². The summed E-state index contributed by atoms with van der Waals surface area (Å²) in [5.74, 6) is 0. The Morgan fingerprint density at radius 2 is 1.78 bits per heavy atom. The Morgan fingerprint density at radius 3 is 2.39 bits per heavy atom. The van der Waals surface area contributed by atoms with E-state index in [-0.39, 0.29) is 0 Å². The Kier molecular flexibility index (Phi) is 4.88. The number of halogens is 3. The van der Waals surface area contributed by atoms with E-state index in [2.05, 4.69) is 69.1 Å². The summed E-state index contributed by atoms with van der Waals surface area (Å²) < 4.78 is 1.12. The topological polar surface area (TPSA) is 0 Å². The van der Waals surface area contributed by atoms with Crippen molar-refractivity contribution >= 4 is 43.5 Å². The van der Waals surface area contributed by atoms with E-state index < -0.39 is 0 Å². The van der Waals surface area contributed by atoms with Crippen molar-refractivity contribution in [3.8, 4) is 0 Å². The Balaban J connectivity index is 2.16. The van der Waals surface area contributed by atoms with Crippen molar-refractivity contribution in [3.05, 3.63) is 68.7 Å². The Morgan fingerprint density at radius 1 is 1.11 bits per heavy atom. The first-order chi connectivity index (χ1) is 8.56. The fourth-order valence-corrected chi connectivity index (χ4v) is 3.42. The maximum atomic E-state index is 5.89. The van der Waals surface area contributed by atoms with Crippen LogP contribution in [-0.2, 0) is 6.42 Å². The van der Waals surface area contributed by atoms with Gasteiger partial charge in [-0.05, 0) is 54.3 Å². The van der Waals surface area contributed by atoms with Gasteiger partial charge in [0.15, 0.2) is 0 Å². The second kappa shape index (κ2) is 6.23. The maximum absolute atomic E-state index is 5.89. The van der Waals surface area contributed by atoms with Crippen molar-refractivity contribution in [2.24, 2.45) is 0 Å². The molecular formula is C15H13Br2Cl. The second-order valence-corrected chi connectivity index (χ2v) is 6.76. The molecule has 0 N–H and O–H groups in total. The van der Waals surface area contributed by atoms with Crippen LogP contribution in [0.15, 0.2) is 46.9 Å². The van der Waals surface area contributed by atoms with Gasteiger partial charge in [-0.25, -0.2) is 0 Å². The minimum absolute atomic E-state index is 0.326. The molecule has 1 unspecified atom stereocenters. The van der Waals surface area contributed by atoms with Crippen LogP contribution in [0.1, 0.15) is 21.5 Å². The molecule has 2 aromatic carbocycles. The minimum atomic E-state index is 0.326. The third-order valence-corrected chi connectivity index (χ3v) is 4.46. The zero-order valence-corrected chi connectivity index (χ0v) is 13.9. The third kappa shape index (κ3) is 3.59. The van der Waals surface area contributed by atoms with Crippen LogP contribution in [-0.4, -0.2) is 0 Å². The van der Waals surface area contributed by atoms with Crippen molar-refractivity contribution < 1.29 is 0 Å². The van der Waals surface area contributed by atoms with E-state index in [1.165, 1.54) is 16.7 Å². The SMILES string of the molecule is Cc1cc(Br)ccc1C(Br)Cc1ccc(Cl)cc1. The molecule has 0 aliphatic carbocycles. The van der Waals surface area contributed by atoms with Crippen LogP contribution in [0.4, 0.5) is 0 Å². The molecule has 18 heavy (non-hydrogen) atoms. The van der Waals surface area contributed by atoms with Crippen LogP contribution in [0.5, 0.6) is 0 Å². The molecule has 0 aliphatic heterocycles. The van der Waals surface area contributed by atoms with Gasteiger partial charge in [-0.15, -0.1) is 0 Å². The average molecular weight is 389 g/mol. The summed E-state index contributed by atoms with van der Waals surface area (Å²) in [6, 6.07) is 14.4. The van der Waals surface area contributed by atoms with Gasteiger partial charge in [0.25, 0.3) is 0 Å². The summed E-state index contributed by atoms with van der Waals surface area (Å²) in [4.78, 5) is 0.326. The summed E-state index contributed by atoms with van der Waals surface area (Å²) in [5.41, 5.74) is 3.90. The first-order valence-corrected chi connectivity index (χ1v) is 7.79. The number of hydrogen-bond acceptors (Lipinski definition) is 0. The lowest BCUT2D eigenvalue weighted by Gasteiger charge is -2.13. The average Bonchev–Trinajstić information content (AvgIpc) is 2.32. The molecular weight excluding hydrogens is 375 g/mol. The van der Waals surface area contributed by atoms with Crippen molar-refractivity contribution in [3.63, 3.8) is 0 Å². The number of aryl methyl sites for hydroxylation is 1. The molecule has 0 aliphatic rings. The van der Waals surface area contributed by atoms with Crippen LogP contribution in [0.25, 0.3) is 0 Å². The standard InChI is InChI=1S/C15H13Br2Cl/c1-10-8-12(16)4-7-14(10)15(17)9-11-2-5-13(18)6-3-11/h2-8,15H,9H2,1H3. The first-order valence-electron chi connectivity index (χ1n) is 5.71. The highest BCUT2D eigenvalue weighted by Crippen LogP contribution is 2.31. The quantitative estimate of drug-likeness (QED) is 0.558. The van der Waals surface area contributed by atoms with Gasteiger partial charge >= 0.3 is 0 Å². The third-order valence-electron chi connectivity index (χ3n) is 2.90. The Bertz CT molecular complexity index is 535. The second-order valence-electron chi connectivity index (χ2n) is 4.30. The molecule has 0 heterocycles. The van der Waals surface area contributed by atoms with Crippen LogP contribution >= 0.6 is 43.5 Å². The molecule has 2 aromatic rings. The predicted octanol–water partition coefficient (Wildman–Crippen LogP) is 6.09. The van der Waals surface area contributed by atoms with E-state index >= 15 is 0 Å². The van der Waals surface area contributed by atoms with Crippen LogP contribution in [0.2, 0.25) is 5.02 Å². The highest BCUT2D eigenvalue weighted by atomic mass is 79.9. The normalized spacial score (nSPS) is 12.4. The molecule has 94 valence electrons. The molecule has 3 heteroatoms. The van der Waals surface area contributed by atoms with Crippen molar-refractivity contribution in [2.75, 3.05) is 0 Å². The number of hydrogen-bond donors (Lipinski definition) is 0. The molecule has 1 atom stereocenters. The highest BCUT2D eigenvalue weighted by molar-refractivity contribution is 9.10. The number of alkyl halides is 1. The zero-order chi connectivity index (χ0) is 13.1. The van der Waals surface area contributed by atoms with E-state index in [4.69, 9.17) is 11.6 Å². The molecule has 0 aromatic heterocycles. The van der Waals surface area contributed by atoms with Crippen LogP contribution in [0, 0.1) is 6.92 Å². The largest absolute Gasteiger partial charge is 0.0843 e. The van der Waals surface area contributed by atoms with Gasteiger partial charge in [-0.2, -0.15) is 0 Å². The monoisotopic (exact) mass is 386 g/mol. The smallest absolute Gasteiger partial charge is 0.0438 e. The summed E-state index contributed by atoms with van der Waals surface area (Å²) in [6.45, 7) is 2.14. The summed E-state index contributed by atoms with van der Waals surface area (Å²) in [6.07, 6.45) is 0.958. The van der Waals surface area contributed by atoms with Gasteiger partial charge in [-0.1, -0.05) is 61.7 Å². The van der Waals surface area contributed by atoms with E-state index in [1.807, 2.05) is 12.1 Å². The number of benzene rings is 2. The van der Waals surface area contributed by atoms with Gasteiger partial charge in [0, 0.05) is 14.3 Å². The van der Waals surface area contributed by atoms with Crippen molar-refractivity contribution in [1.82, 2.24) is 0 Å². The minimum Gasteiger partial charge on any atom is -0.0843 e. The Labute approximate surface area is 130 Å². The lowest BCUT2D eigenvalue weighted by Crippen LogP contribution is -1.98. The molecule has 0 saturated heterocycles. The van der Waals surface area contributed by atoms with Gasteiger partial charge in [0.2, 0.25) is 0 Å². The van der Waals surface area contributed by atoms with Crippen molar-refractivity contribution in [2.45, 2.75) is 18.2 Å². The first kappa shape index (κ1) is 14.1. The molecule has 0 radical (unpaired) electrons. The predicted molar refractivity (Wildman–Crippen MR) is 85.7 cm³/mol. The molecule has 0 bridgehead atoms. The van der Waals surface area contributed by atoms with Gasteiger partial charge < -0.3 is 0 Å². The van der Waals surface area contributed by atoms with E-state index in [0.717, 1.165) is 15.9 Å². The molecule has 2 rings (SSSR count). The van der Waals surface area contributed by atoms with E-state index in [9.17, 15) is 0 Å². The summed E-state index contributed by atoms with van der Waals surface area (Å²) in [5, 5.41) is 0.782. The highest BCUT2D eigenvalue weighted by Gasteiger charge is 2.11. The van der Waals surface area contributed by atoms with Crippen LogP contribution in [0.3, 0.4) is 0 Å². The number of rotatable bonds is 3. The van der Waals surface area contributed by atoms with Gasteiger partial charge in [-0.3, -0.25) is 0 Å².